The van der Waals surface area contributed by atoms with Gasteiger partial charge >= 0.3 is 0 Å². The van der Waals surface area contributed by atoms with E-state index in [0.717, 1.165) is 0 Å². The predicted octanol–water partition coefficient (Wildman–Crippen LogP) is 3.26. The fraction of sp³-hybridized carbons (Fsp3) is 0.385. The molecular weight excluding hydrogens is 513 g/mol. The van der Waals surface area contributed by atoms with Crippen LogP contribution in [0.5, 0.6) is 5.88 Å². The Morgan fingerprint density at radius 3 is 2.76 bits per heavy atom. The molecule has 0 saturated carbocycles. The highest BCUT2D eigenvalue weighted by Crippen LogP contribution is 2.33. The molecule has 3 aromatic rings. The summed E-state index contributed by atoms with van der Waals surface area (Å²) in [6.07, 6.45) is 1.79. The van der Waals surface area contributed by atoms with E-state index in [4.69, 9.17) is 26.8 Å². The number of halogens is 2. The lowest BCUT2D eigenvalue weighted by atomic mass is 10.1. The van der Waals surface area contributed by atoms with Gasteiger partial charge in [0.25, 0.3) is 5.88 Å². The van der Waals surface area contributed by atoms with Crippen LogP contribution in [0.15, 0.2) is 42.6 Å². The molecule has 1 aliphatic heterocycles. The zero-order chi connectivity index (χ0) is 27.1. The standard InChI is InChI=1S/C26H31ClFN7O3/c1-34(2)7-12-38-26-23(15-21(32-33-26)19-13-17(27)3-4-20(19)28)31-18-5-6-30-22(14-18)24(16-25(29)36)35-8-10-37-11-9-35/h3-6,13-15,24H,7-12,16H2,1-2H3,(H2,29,36)(H,30,31,32). The summed E-state index contributed by atoms with van der Waals surface area (Å²) >= 11 is 6.10. The smallest absolute Gasteiger partial charge is 0.257 e. The molecule has 10 nitrogen and oxygen atoms in total. The molecule has 1 unspecified atom stereocenters. The molecule has 3 heterocycles. The van der Waals surface area contributed by atoms with Gasteiger partial charge in [-0.3, -0.25) is 14.7 Å². The van der Waals surface area contributed by atoms with Gasteiger partial charge in [0.05, 0.1) is 30.6 Å². The molecule has 2 aromatic heterocycles. The van der Waals surface area contributed by atoms with Crippen molar-refractivity contribution in [3.63, 3.8) is 0 Å². The Morgan fingerprint density at radius 2 is 2.03 bits per heavy atom. The largest absolute Gasteiger partial charge is 0.474 e. The topological polar surface area (TPSA) is 119 Å². The number of rotatable bonds is 11. The first-order chi connectivity index (χ1) is 18.3. The Morgan fingerprint density at radius 1 is 1.24 bits per heavy atom. The zero-order valence-corrected chi connectivity index (χ0v) is 22.1. The van der Waals surface area contributed by atoms with Crippen LogP contribution in [-0.2, 0) is 9.53 Å². The van der Waals surface area contributed by atoms with E-state index in [0.29, 0.717) is 67.2 Å². The Kier molecular flexibility index (Phi) is 9.40. The number of nitrogens with two attached hydrogens (primary N) is 1. The van der Waals surface area contributed by atoms with Crippen molar-refractivity contribution >= 4 is 28.9 Å². The summed E-state index contributed by atoms with van der Waals surface area (Å²) < 4.78 is 25.9. The van der Waals surface area contributed by atoms with Gasteiger partial charge in [-0.05, 0) is 50.5 Å². The van der Waals surface area contributed by atoms with Crippen molar-refractivity contribution in [2.24, 2.45) is 5.73 Å². The highest BCUT2D eigenvalue weighted by Gasteiger charge is 2.26. The molecule has 4 rings (SSSR count). The molecule has 0 spiro atoms. The van der Waals surface area contributed by atoms with Crippen LogP contribution in [0.3, 0.4) is 0 Å². The van der Waals surface area contributed by atoms with Crippen molar-refractivity contribution in [3.05, 3.63) is 59.1 Å². The minimum atomic E-state index is -0.470. The number of pyridine rings is 1. The summed E-state index contributed by atoms with van der Waals surface area (Å²) in [7, 11) is 3.88. The average Bonchev–Trinajstić information content (AvgIpc) is 2.90. The first-order valence-corrected chi connectivity index (χ1v) is 12.6. The number of hydrogen-bond acceptors (Lipinski definition) is 9. The second-order valence-electron chi connectivity index (χ2n) is 9.15. The summed E-state index contributed by atoms with van der Waals surface area (Å²) in [6.45, 7) is 3.53. The SMILES string of the molecule is CN(C)CCOc1nnc(-c2cc(Cl)ccc2F)cc1Nc1ccnc(C(CC(N)=O)N2CCOCC2)c1. The minimum Gasteiger partial charge on any atom is -0.474 e. The molecule has 1 amide bonds. The summed E-state index contributed by atoms with van der Waals surface area (Å²) in [6, 6.07) is 9.27. The zero-order valence-electron chi connectivity index (χ0n) is 21.4. The highest BCUT2D eigenvalue weighted by atomic mass is 35.5. The first-order valence-electron chi connectivity index (χ1n) is 12.2. The average molecular weight is 544 g/mol. The van der Waals surface area contributed by atoms with Gasteiger partial charge in [0.15, 0.2) is 0 Å². The number of hydrogen-bond donors (Lipinski definition) is 2. The van der Waals surface area contributed by atoms with E-state index in [1.165, 1.54) is 18.2 Å². The third kappa shape index (κ3) is 7.35. The lowest BCUT2D eigenvalue weighted by Crippen LogP contribution is -2.40. The molecule has 1 saturated heterocycles. The fourth-order valence-electron chi connectivity index (χ4n) is 4.09. The number of likely N-dealkylation sites (N-methyl/N-ethyl adjacent to an activating group) is 1. The van der Waals surface area contributed by atoms with E-state index < -0.39 is 11.7 Å². The van der Waals surface area contributed by atoms with E-state index in [1.807, 2.05) is 25.1 Å². The fourth-order valence-corrected chi connectivity index (χ4v) is 4.26. The number of anilines is 2. The van der Waals surface area contributed by atoms with Gasteiger partial charge < -0.3 is 25.4 Å². The van der Waals surface area contributed by atoms with Crippen LogP contribution < -0.4 is 15.8 Å². The molecule has 12 heteroatoms. The number of carbonyl (C=O) groups is 1. The molecule has 38 heavy (non-hydrogen) atoms. The summed E-state index contributed by atoms with van der Waals surface area (Å²) in [4.78, 5) is 20.5. The number of aromatic nitrogens is 3. The van der Waals surface area contributed by atoms with Crippen molar-refractivity contribution in [2.45, 2.75) is 12.5 Å². The Balaban J connectivity index is 1.66. The monoisotopic (exact) mass is 543 g/mol. The molecule has 0 aliphatic carbocycles. The lowest BCUT2D eigenvalue weighted by Gasteiger charge is -2.33. The second-order valence-corrected chi connectivity index (χ2v) is 9.59. The maximum absolute atomic E-state index is 14.6. The number of carbonyl (C=O) groups excluding carboxylic acids is 1. The van der Waals surface area contributed by atoms with Gasteiger partial charge in [-0.25, -0.2) is 4.39 Å². The maximum Gasteiger partial charge on any atom is 0.257 e. The molecule has 0 radical (unpaired) electrons. The van der Waals surface area contributed by atoms with Gasteiger partial charge in [0.1, 0.15) is 18.1 Å². The van der Waals surface area contributed by atoms with E-state index >= 15 is 0 Å². The minimum absolute atomic E-state index is 0.129. The number of ether oxygens (including phenoxy) is 2. The van der Waals surface area contributed by atoms with Crippen molar-refractivity contribution < 1.29 is 18.7 Å². The van der Waals surface area contributed by atoms with Gasteiger partial charge in [0, 0.05) is 48.5 Å². The van der Waals surface area contributed by atoms with E-state index in [-0.39, 0.29) is 23.9 Å². The predicted molar refractivity (Wildman–Crippen MR) is 143 cm³/mol. The van der Waals surface area contributed by atoms with Crippen LogP contribution in [0.4, 0.5) is 15.8 Å². The number of nitrogens with zero attached hydrogens (tertiary/aromatic N) is 5. The molecule has 3 N–H and O–H groups in total. The van der Waals surface area contributed by atoms with E-state index in [2.05, 4.69) is 25.4 Å². The molecule has 1 atom stereocenters. The highest BCUT2D eigenvalue weighted by molar-refractivity contribution is 6.30. The quantitative estimate of drug-likeness (QED) is 0.375. The van der Waals surface area contributed by atoms with Crippen molar-refractivity contribution in [1.82, 2.24) is 25.0 Å². The van der Waals surface area contributed by atoms with Gasteiger partial charge in [-0.1, -0.05) is 11.6 Å². The number of morpholine rings is 1. The van der Waals surface area contributed by atoms with Crippen LogP contribution in [-0.4, -0.2) is 84.4 Å². The van der Waals surface area contributed by atoms with Gasteiger partial charge in [-0.15, -0.1) is 10.2 Å². The third-order valence-electron chi connectivity index (χ3n) is 6.02. The van der Waals surface area contributed by atoms with Crippen LogP contribution in [0.25, 0.3) is 11.3 Å². The molecular formula is C26H31ClFN7O3. The summed E-state index contributed by atoms with van der Waals surface area (Å²) in [5, 5.41) is 12.1. The number of benzene rings is 1. The Hall–Kier alpha value is -3.38. The normalized spacial score (nSPS) is 14.9. The molecule has 1 aromatic carbocycles. The Bertz CT molecular complexity index is 1260. The third-order valence-corrected chi connectivity index (χ3v) is 6.26. The van der Waals surface area contributed by atoms with Crippen LogP contribution >= 0.6 is 11.6 Å². The van der Waals surface area contributed by atoms with Crippen LogP contribution in [0.1, 0.15) is 18.2 Å². The number of nitrogens with one attached hydrogen (secondary N) is 1. The maximum atomic E-state index is 14.6. The molecule has 1 fully saturated rings. The number of primary amides is 1. The molecule has 0 bridgehead atoms. The molecule has 1 aliphatic rings. The Labute approximate surface area is 225 Å². The van der Waals surface area contributed by atoms with Gasteiger partial charge in [0.2, 0.25) is 5.91 Å². The second kappa shape index (κ2) is 12.9. The summed E-state index contributed by atoms with van der Waals surface area (Å²) in [5.41, 5.74) is 7.94. The van der Waals surface area contributed by atoms with Crippen molar-refractivity contribution in [3.8, 4) is 17.1 Å². The van der Waals surface area contributed by atoms with E-state index in [1.54, 1.807) is 18.3 Å². The summed E-state index contributed by atoms with van der Waals surface area (Å²) in [5.74, 6) is -0.620. The van der Waals surface area contributed by atoms with Crippen molar-refractivity contribution in [2.75, 3.05) is 58.9 Å². The molecule has 202 valence electrons. The number of amides is 1. The van der Waals surface area contributed by atoms with Gasteiger partial charge in [-0.2, -0.15) is 0 Å². The van der Waals surface area contributed by atoms with Crippen molar-refractivity contribution in [1.29, 1.82) is 0 Å². The van der Waals surface area contributed by atoms with Crippen LogP contribution in [0.2, 0.25) is 5.02 Å². The first kappa shape index (κ1) is 27.6. The van der Waals surface area contributed by atoms with Crippen LogP contribution in [0, 0.1) is 5.82 Å². The van der Waals surface area contributed by atoms with E-state index in [9.17, 15) is 9.18 Å². The lowest BCUT2D eigenvalue weighted by molar-refractivity contribution is -0.119.